The Morgan fingerprint density at radius 2 is 1.89 bits per heavy atom. The minimum atomic E-state index is -0.673. The van der Waals surface area contributed by atoms with Gasteiger partial charge in [-0.1, -0.05) is 31.5 Å². The molecule has 0 spiro atoms. The van der Waals surface area contributed by atoms with Gasteiger partial charge >= 0.3 is 0 Å². The van der Waals surface area contributed by atoms with Crippen LogP contribution in [0, 0.1) is 5.82 Å². The zero-order valence-corrected chi connectivity index (χ0v) is 23.0. The number of likely N-dealkylation sites (N-methyl/N-ethyl adjacent to an activating group) is 1. The molecule has 1 N–H and O–H groups in total. The summed E-state index contributed by atoms with van der Waals surface area (Å²) in [4.78, 5) is 30.5. The second-order valence-corrected chi connectivity index (χ2v) is 10.2. The number of carbonyl (C=O) groups is 2. The summed E-state index contributed by atoms with van der Waals surface area (Å²) >= 11 is 6.15. The van der Waals surface area contributed by atoms with E-state index in [-0.39, 0.29) is 28.5 Å². The summed E-state index contributed by atoms with van der Waals surface area (Å²) in [5, 5.41) is 4.47. The summed E-state index contributed by atoms with van der Waals surface area (Å²) in [5.41, 5.74) is 3.09. The molecule has 0 atom stereocenters. The molecule has 0 aliphatic heterocycles. The molecule has 8 heteroatoms. The Morgan fingerprint density at radius 1 is 1.16 bits per heavy atom. The lowest BCUT2D eigenvalue weighted by molar-refractivity contribution is 0.0156. The van der Waals surface area contributed by atoms with E-state index in [1.165, 1.54) is 13.0 Å². The van der Waals surface area contributed by atoms with E-state index in [4.69, 9.17) is 16.3 Å². The molecule has 3 aromatic rings. The van der Waals surface area contributed by atoms with Crippen molar-refractivity contribution in [2.24, 2.45) is 0 Å². The normalized spacial score (nSPS) is 17.6. The zero-order chi connectivity index (χ0) is 27.2. The Bertz CT molecular complexity index is 1280. The van der Waals surface area contributed by atoms with Gasteiger partial charge in [-0.3, -0.25) is 14.6 Å². The molecule has 1 aromatic heterocycles. The van der Waals surface area contributed by atoms with E-state index in [1.54, 1.807) is 12.3 Å². The van der Waals surface area contributed by atoms with E-state index in [9.17, 15) is 14.0 Å². The third-order valence-corrected chi connectivity index (χ3v) is 7.77. The van der Waals surface area contributed by atoms with Gasteiger partial charge in [-0.2, -0.15) is 0 Å². The van der Waals surface area contributed by atoms with Crippen LogP contribution in [-0.4, -0.2) is 60.3 Å². The quantitative estimate of drug-likeness (QED) is 0.214. The number of aromatic nitrogens is 1. The first-order valence-electron chi connectivity index (χ1n) is 13.3. The largest absolute Gasteiger partial charge is 0.381 e. The first-order chi connectivity index (χ1) is 18.3. The van der Waals surface area contributed by atoms with E-state index in [1.807, 2.05) is 18.2 Å². The maximum absolute atomic E-state index is 14.5. The van der Waals surface area contributed by atoms with Gasteiger partial charge < -0.3 is 15.0 Å². The molecule has 6 nitrogen and oxygen atoms in total. The lowest BCUT2D eigenvalue weighted by Crippen LogP contribution is -2.33. The van der Waals surface area contributed by atoms with Crippen molar-refractivity contribution in [1.82, 2.24) is 9.88 Å². The Morgan fingerprint density at radius 3 is 2.53 bits per heavy atom. The van der Waals surface area contributed by atoms with Crippen molar-refractivity contribution < 1.29 is 18.7 Å². The lowest BCUT2D eigenvalue weighted by atomic mass is 9.92. The fraction of sp³-hybridized carbons (Fsp3) is 0.433. The number of hydrogen-bond acceptors (Lipinski definition) is 6. The molecule has 1 saturated carbocycles. The van der Waals surface area contributed by atoms with Crippen molar-refractivity contribution in [2.75, 3.05) is 31.6 Å². The van der Waals surface area contributed by atoms with Gasteiger partial charge in [0.25, 0.3) is 0 Å². The van der Waals surface area contributed by atoms with E-state index >= 15 is 0 Å². The topological polar surface area (TPSA) is 71.5 Å². The van der Waals surface area contributed by atoms with Crippen molar-refractivity contribution in [3.63, 3.8) is 0 Å². The molecule has 4 rings (SSSR count). The van der Waals surface area contributed by atoms with E-state index in [0.29, 0.717) is 23.0 Å². The number of pyridine rings is 1. The Kier molecular flexibility index (Phi) is 9.47. The van der Waals surface area contributed by atoms with Gasteiger partial charge in [-0.25, -0.2) is 4.39 Å². The smallest absolute Gasteiger partial charge is 0.163 e. The summed E-state index contributed by atoms with van der Waals surface area (Å²) in [6.07, 6.45) is 6.07. The lowest BCUT2D eigenvalue weighted by Gasteiger charge is -2.31. The molecule has 0 saturated heterocycles. The number of fused-ring (bicyclic) bond motifs is 1. The summed E-state index contributed by atoms with van der Waals surface area (Å²) in [6.45, 7) is 9.62. The second kappa shape index (κ2) is 12.8. The van der Waals surface area contributed by atoms with Crippen molar-refractivity contribution in [3.05, 3.63) is 58.5 Å². The van der Waals surface area contributed by atoms with Gasteiger partial charge in [-0.05, 0) is 81.1 Å². The van der Waals surface area contributed by atoms with Gasteiger partial charge in [0.05, 0.1) is 40.1 Å². The Hall–Kier alpha value is -2.87. The molecule has 0 unspecified atom stereocenters. The van der Waals surface area contributed by atoms with Crippen LogP contribution in [0.1, 0.15) is 67.2 Å². The molecule has 0 amide bonds. The fourth-order valence-electron chi connectivity index (χ4n) is 5.12. The number of benzene rings is 2. The number of rotatable bonds is 11. The Balaban J connectivity index is 1.55. The number of hydrogen-bond donors (Lipinski definition) is 1. The minimum absolute atomic E-state index is 0.0557. The number of Topliss-reactive ketones (excluding diaryl/α,β-unsaturated/α-hetero) is 1. The molecule has 1 aliphatic carbocycles. The number of ketones is 1. The first kappa shape index (κ1) is 28.1. The third kappa shape index (κ3) is 6.40. The number of ether oxygens (including phenoxy) is 1. The van der Waals surface area contributed by atoms with Gasteiger partial charge in [0, 0.05) is 24.2 Å². The highest BCUT2D eigenvalue weighted by molar-refractivity contribution is 6.33. The summed E-state index contributed by atoms with van der Waals surface area (Å²) in [6, 6.07) is 8.65. The second-order valence-electron chi connectivity index (χ2n) is 9.82. The average Bonchev–Trinajstić information content (AvgIpc) is 2.91. The van der Waals surface area contributed by atoms with Crippen LogP contribution in [0.3, 0.4) is 0 Å². The van der Waals surface area contributed by atoms with Gasteiger partial charge in [0.2, 0.25) is 0 Å². The summed E-state index contributed by atoms with van der Waals surface area (Å²) in [7, 11) is 0. The predicted molar refractivity (Wildman–Crippen MR) is 151 cm³/mol. The fourth-order valence-corrected chi connectivity index (χ4v) is 5.38. The summed E-state index contributed by atoms with van der Waals surface area (Å²) in [5.74, 6) is -0.752. The molecule has 1 fully saturated rings. The molecule has 202 valence electrons. The molecular formula is C30H35ClFN3O3. The maximum atomic E-state index is 14.5. The van der Waals surface area contributed by atoms with E-state index < -0.39 is 5.82 Å². The highest BCUT2D eigenvalue weighted by Gasteiger charge is 2.24. The molecule has 38 heavy (non-hydrogen) atoms. The monoisotopic (exact) mass is 539 g/mol. The standard InChI is InChI=1S/C30H35ClFN3O3/c1-4-35(5-2)12-13-38-23-9-7-22(8-10-23)34-30-24-14-20(6-11-29(24)33-17-25(30)19(3)37)21-15-27(31)26(18-36)28(32)16-21/h6,11,14-18,22-23H,4-5,7-10,12-13H2,1-3H3,(H,33,34). The van der Waals surface area contributed by atoms with Crippen molar-refractivity contribution >= 4 is 40.3 Å². The van der Waals surface area contributed by atoms with Crippen LogP contribution < -0.4 is 5.32 Å². The van der Waals surface area contributed by atoms with Crippen LogP contribution in [0.2, 0.25) is 5.02 Å². The molecule has 0 radical (unpaired) electrons. The maximum Gasteiger partial charge on any atom is 0.163 e. The number of halogens is 2. The molecular weight excluding hydrogens is 505 g/mol. The number of nitrogens with one attached hydrogen (secondary N) is 1. The molecule has 1 aliphatic rings. The molecule has 0 bridgehead atoms. The van der Waals surface area contributed by atoms with E-state index in [0.717, 1.165) is 68.5 Å². The van der Waals surface area contributed by atoms with Crippen LogP contribution >= 0.6 is 11.6 Å². The zero-order valence-electron chi connectivity index (χ0n) is 22.2. The van der Waals surface area contributed by atoms with Crippen LogP contribution in [-0.2, 0) is 4.74 Å². The predicted octanol–water partition coefficient (Wildman–Crippen LogP) is 6.79. The highest BCUT2D eigenvalue weighted by Crippen LogP contribution is 2.35. The number of carbonyl (C=O) groups excluding carboxylic acids is 2. The van der Waals surface area contributed by atoms with Crippen molar-refractivity contribution in [1.29, 1.82) is 0 Å². The minimum Gasteiger partial charge on any atom is -0.381 e. The molecule has 1 heterocycles. The van der Waals surface area contributed by atoms with Gasteiger partial charge in [0.15, 0.2) is 12.1 Å². The van der Waals surface area contributed by atoms with Crippen LogP contribution in [0.25, 0.3) is 22.0 Å². The first-order valence-corrected chi connectivity index (χ1v) is 13.7. The molecule has 2 aromatic carbocycles. The van der Waals surface area contributed by atoms with Gasteiger partial charge in [-0.15, -0.1) is 0 Å². The number of anilines is 1. The van der Waals surface area contributed by atoms with Crippen molar-refractivity contribution in [3.8, 4) is 11.1 Å². The van der Waals surface area contributed by atoms with Crippen LogP contribution in [0.5, 0.6) is 0 Å². The number of nitrogens with zero attached hydrogens (tertiary/aromatic N) is 2. The van der Waals surface area contributed by atoms with E-state index in [2.05, 4.69) is 29.0 Å². The Labute approximate surface area is 228 Å². The number of aldehydes is 1. The SMILES string of the molecule is CCN(CC)CCOC1CCC(Nc2c(C(C)=O)cnc3ccc(-c4cc(F)c(C=O)c(Cl)c4)cc23)CC1. The van der Waals surface area contributed by atoms with Crippen LogP contribution in [0.15, 0.2) is 36.5 Å². The van der Waals surface area contributed by atoms with Gasteiger partial charge in [0.1, 0.15) is 5.82 Å². The summed E-state index contributed by atoms with van der Waals surface area (Å²) < 4.78 is 20.6. The highest BCUT2D eigenvalue weighted by atomic mass is 35.5. The van der Waals surface area contributed by atoms with Crippen molar-refractivity contribution in [2.45, 2.75) is 58.6 Å². The van der Waals surface area contributed by atoms with Crippen LogP contribution in [0.4, 0.5) is 10.1 Å². The third-order valence-electron chi connectivity index (χ3n) is 7.46. The average molecular weight is 540 g/mol.